The van der Waals surface area contributed by atoms with Crippen molar-refractivity contribution in [3.05, 3.63) is 34.9 Å². The zero-order valence-corrected chi connectivity index (χ0v) is 15.5. The van der Waals surface area contributed by atoms with Crippen molar-refractivity contribution >= 4 is 40.6 Å². The molecule has 118 valence electrons. The van der Waals surface area contributed by atoms with Crippen molar-refractivity contribution in [3.63, 3.8) is 0 Å². The molecule has 0 atom stereocenters. The highest BCUT2D eigenvalue weighted by molar-refractivity contribution is 8.03. The summed E-state index contributed by atoms with van der Waals surface area (Å²) in [4.78, 5) is 12.2. The average Bonchev–Trinajstić information content (AvgIpc) is 2.96. The molecule has 0 unspecified atom stereocenters. The van der Waals surface area contributed by atoms with Crippen LogP contribution in [0.2, 0.25) is 0 Å². The SMILES string of the molecule is CCCCSc1nnc(SCC(=O)c2ccc(C)c(C)c2)s1. The van der Waals surface area contributed by atoms with E-state index in [9.17, 15) is 4.79 Å². The predicted molar refractivity (Wildman–Crippen MR) is 96.5 cm³/mol. The predicted octanol–water partition coefficient (Wildman–Crippen LogP) is 5.02. The lowest BCUT2D eigenvalue weighted by Gasteiger charge is -2.03. The monoisotopic (exact) mass is 352 g/mol. The van der Waals surface area contributed by atoms with E-state index in [-0.39, 0.29) is 5.78 Å². The van der Waals surface area contributed by atoms with Gasteiger partial charge in [0.1, 0.15) is 0 Å². The molecule has 1 heterocycles. The molecule has 0 amide bonds. The maximum atomic E-state index is 12.2. The van der Waals surface area contributed by atoms with E-state index in [1.165, 1.54) is 30.2 Å². The van der Waals surface area contributed by atoms with Crippen molar-refractivity contribution < 1.29 is 4.79 Å². The lowest BCUT2D eigenvalue weighted by molar-refractivity contribution is 0.102. The number of aromatic nitrogens is 2. The van der Waals surface area contributed by atoms with Gasteiger partial charge in [-0.2, -0.15) is 0 Å². The van der Waals surface area contributed by atoms with Crippen LogP contribution in [0.5, 0.6) is 0 Å². The summed E-state index contributed by atoms with van der Waals surface area (Å²) in [6.45, 7) is 6.27. The van der Waals surface area contributed by atoms with Gasteiger partial charge in [-0.05, 0) is 37.5 Å². The summed E-state index contributed by atoms with van der Waals surface area (Å²) in [7, 11) is 0. The third-order valence-electron chi connectivity index (χ3n) is 3.27. The molecular formula is C16H20N2OS3. The van der Waals surface area contributed by atoms with Crippen LogP contribution in [-0.2, 0) is 0 Å². The molecule has 0 fully saturated rings. The summed E-state index contributed by atoms with van der Waals surface area (Å²) in [5.74, 6) is 1.64. The molecule has 0 saturated carbocycles. The molecule has 0 aliphatic rings. The number of rotatable bonds is 8. The molecule has 0 N–H and O–H groups in total. The van der Waals surface area contributed by atoms with Crippen LogP contribution in [0, 0.1) is 13.8 Å². The van der Waals surface area contributed by atoms with E-state index >= 15 is 0 Å². The van der Waals surface area contributed by atoms with Crippen LogP contribution >= 0.6 is 34.9 Å². The van der Waals surface area contributed by atoms with Gasteiger partial charge < -0.3 is 0 Å². The van der Waals surface area contributed by atoms with Crippen LogP contribution in [0.3, 0.4) is 0 Å². The summed E-state index contributed by atoms with van der Waals surface area (Å²) >= 11 is 4.80. The molecule has 0 aliphatic carbocycles. The van der Waals surface area contributed by atoms with E-state index in [4.69, 9.17) is 0 Å². The molecular weight excluding hydrogens is 332 g/mol. The first-order chi connectivity index (χ1) is 10.6. The lowest BCUT2D eigenvalue weighted by atomic mass is 10.0. The number of thioether (sulfide) groups is 2. The summed E-state index contributed by atoms with van der Waals surface area (Å²) in [6.07, 6.45) is 2.38. The molecule has 1 aromatic carbocycles. The fraction of sp³-hybridized carbons (Fsp3) is 0.438. The van der Waals surface area contributed by atoms with Crippen LogP contribution in [0.15, 0.2) is 26.9 Å². The number of nitrogens with zero attached hydrogens (tertiary/aromatic N) is 2. The van der Waals surface area contributed by atoms with Crippen molar-refractivity contribution in [2.24, 2.45) is 0 Å². The van der Waals surface area contributed by atoms with Gasteiger partial charge >= 0.3 is 0 Å². The van der Waals surface area contributed by atoms with Crippen LogP contribution in [-0.4, -0.2) is 27.5 Å². The standard InChI is InChI=1S/C16H20N2OS3/c1-4-5-8-20-15-17-18-16(22-15)21-10-14(19)13-7-6-11(2)12(3)9-13/h6-7,9H,4-5,8,10H2,1-3H3. The topological polar surface area (TPSA) is 42.9 Å². The third kappa shape index (κ3) is 5.11. The Morgan fingerprint density at radius 3 is 2.55 bits per heavy atom. The maximum Gasteiger partial charge on any atom is 0.175 e. The minimum Gasteiger partial charge on any atom is -0.293 e. The van der Waals surface area contributed by atoms with Crippen molar-refractivity contribution in [2.45, 2.75) is 42.3 Å². The number of unbranched alkanes of at least 4 members (excludes halogenated alkanes) is 1. The van der Waals surface area contributed by atoms with Gasteiger partial charge in [0.25, 0.3) is 0 Å². The second kappa shape index (κ2) is 8.70. The van der Waals surface area contributed by atoms with Crippen LogP contribution < -0.4 is 0 Å². The second-order valence-corrected chi connectivity index (χ2v) is 8.59. The Labute approximate surface area is 144 Å². The fourth-order valence-corrected chi connectivity index (χ4v) is 4.81. The van der Waals surface area contributed by atoms with E-state index in [2.05, 4.69) is 24.0 Å². The zero-order chi connectivity index (χ0) is 15.9. The second-order valence-electron chi connectivity index (χ2n) is 5.05. The number of hydrogen-bond donors (Lipinski definition) is 0. The quantitative estimate of drug-likeness (QED) is 0.379. The van der Waals surface area contributed by atoms with Crippen molar-refractivity contribution in [1.82, 2.24) is 10.2 Å². The molecule has 1 aromatic heterocycles. The first-order valence-corrected chi connectivity index (χ1v) is 10.1. The highest BCUT2D eigenvalue weighted by atomic mass is 32.2. The Morgan fingerprint density at radius 2 is 1.86 bits per heavy atom. The van der Waals surface area contributed by atoms with Gasteiger partial charge in [0, 0.05) is 11.3 Å². The highest BCUT2D eigenvalue weighted by Gasteiger charge is 2.11. The van der Waals surface area contributed by atoms with Gasteiger partial charge in [-0.3, -0.25) is 4.79 Å². The Balaban J connectivity index is 1.86. The summed E-state index contributed by atoms with van der Waals surface area (Å²) in [5, 5.41) is 8.31. The van der Waals surface area contributed by atoms with Crippen LogP contribution in [0.1, 0.15) is 41.3 Å². The van der Waals surface area contributed by atoms with E-state index in [1.807, 2.05) is 25.1 Å². The van der Waals surface area contributed by atoms with Crippen molar-refractivity contribution in [2.75, 3.05) is 11.5 Å². The minimum atomic E-state index is 0.142. The summed E-state index contributed by atoms with van der Waals surface area (Å²) in [5.41, 5.74) is 3.14. The number of hydrogen-bond acceptors (Lipinski definition) is 6. The molecule has 2 aromatic rings. The van der Waals surface area contributed by atoms with Gasteiger partial charge in [-0.15, -0.1) is 10.2 Å². The number of Topliss-reactive ketones (excluding diaryl/α,β-unsaturated/α-hetero) is 1. The molecule has 0 radical (unpaired) electrons. The molecule has 0 aliphatic heterocycles. The number of aryl methyl sites for hydroxylation is 2. The normalized spacial score (nSPS) is 10.9. The van der Waals surface area contributed by atoms with E-state index in [0.29, 0.717) is 5.75 Å². The molecule has 0 bridgehead atoms. The Kier molecular flexibility index (Phi) is 6.92. The van der Waals surface area contributed by atoms with Crippen LogP contribution in [0.25, 0.3) is 0 Å². The fourth-order valence-electron chi connectivity index (χ4n) is 1.74. The van der Waals surface area contributed by atoms with Crippen molar-refractivity contribution in [3.8, 4) is 0 Å². The smallest absolute Gasteiger partial charge is 0.175 e. The van der Waals surface area contributed by atoms with Crippen LogP contribution in [0.4, 0.5) is 0 Å². The third-order valence-corrected chi connectivity index (χ3v) is 6.54. The first kappa shape index (κ1) is 17.5. The van der Waals surface area contributed by atoms with E-state index in [1.54, 1.807) is 23.1 Å². The summed E-state index contributed by atoms with van der Waals surface area (Å²) in [6, 6.07) is 5.86. The molecule has 0 saturated heterocycles. The van der Waals surface area contributed by atoms with E-state index < -0.39 is 0 Å². The number of benzene rings is 1. The van der Waals surface area contributed by atoms with Gasteiger partial charge in [0.2, 0.25) is 0 Å². The van der Waals surface area contributed by atoms with Gasteiger partial charge in [0.05, 0.1) is 5.75 Å². The number of ketones is 1. The molecule has 0 spiro atoms. The Morgan fingerprint density at radius 1 is 1.14 bits per heavy atom. The number of carbonyl (C=O) groups excluding carboxylic acids is 1. The minimum absolute atomic E-state index is 0.142. The molecule has 2 rings (SSSR count). The highest BCUT2D eigenvalue weighted by Crippen LogP contribution is 2.29. The van der Waals surface area contributed by atoms with Gasteiger partial charge in [0.15, 0.2) is 14.5 Å². The summed E-state index contributed by atoms with van der Waals surface area (Å²) < 4.78 is 1.87. The van der Waals surface area contributed by atoms with Crippen molar-refractivity contribution in [1.29, 1.82) is 0 Å². The zero-order valence-electron chi connectivity index (χ0n) is 13.1. The first-order valence-electron chi connectivity index (χ1n) is 7.29. The van der Waals surface area contributed by atoms with E-state index in [0.717, 1.165) is 25.6 Å². The van der Waals surface area contributed by atoms with Gasteiger partial charge in [-0.1, -0.05) is 60.3 Å². The Hall–Kier alpha value is -0.850. The van der Waals surface area contributed by atoms with Gasteiger partial charge in [-0.25, -0.2) is 0 Å². The molecule has 22 heavy (non-hydrogen) atoms. The molecule has 3 nitrogen and oxygen atoms in total. The molecule has 6 heteroatoms. The maximum absolute atomic E-state index is 12.2. The largest absolute Gasteiger partial charge is 0.293 e. The average molecular weight is 353 g/mol. The lowest BCUT2D eigenvalue weighted by Crippen LogP contribution is -2.03. The Bertz CT molecular complexity index is 640. The number of carbonyl (C=O) groups is 1.